The molecular weight excluding hydrogens is 388 g/mol. The first-order chi connectivity index (χ1) is 14.0. The minimum Gasteiger partial charge on any atom is -0.497 e. The molecule has 146 valence electrons. The van der Waals surface area contributed by atoms with Crippen molar-refractivity contribution < 1.29 is 9.53 Å². The molecule has 0 aliphatic rings. The van der Waals surface area contributed by atoms with Crippen molar-refractivity contribution in [2.75, 3.05) is 7.11 Å². The number of aryl methyl sites for hydroxylation is 1. The third kappa shape index (κ3) is 3.88. The van der Waals surface area contributed by atoms with Gasteiger partial charge in [-0.3, -0.25) is 9.59 Å². The van der Waals surface area contributed by atoms with Crippen LogP contribution < -0.4 is 15.6 Å². The van der Waals surface area contributed by atoms with E-state index in [0.717, 1.165) is 16.9 Å². The van der Waals surface area contributed by atoms with Gasteiger partial charge < -0.3 is 10.1 Å². The highest BCUT2D eigenvalue weighted by atomic mass is 32.1. The minimum atomic E-state index is -0.286. The molecule has 4 rings (SSSR count). The molecule has 7 nitrogen and oxygen atoms in total. The predicted octanol–water partition coefficient (Wildman–Crippen LogP) is 3.07. The smallest absolute Gasteiger partial charge is 0.275 e. The standard InChI is InChI=1S/C21H18N4O3S/c1-13-5-3-4-6-17(13)19(27)22-12-15-11-18(26)25-21(23-15)29-20(24-25)14-7-9-16(28-2)10-8-14/h3-11H,12H2,1-2H3,(H,22,27). The first-order valence-corrected chi connectivity index (χ1v) is 9.75. The number of amides is 1. The number of aromatic nitrogens is 3. The predicted molar refractivity (Wildman–Crippen MR) is 111 cm³/mol. The zero-order valence-electron chi connectivity index (χ0n) is 15.9. The average Bonchev–Trinajstić information content (AvgIpc) is 3.17. The van der Waals surface area contributed by atoms with E-state index in [-0.39, 0.29) is 18.0 Å². The molecule has 1 N–H and O–H groups in total. The summed E-state index contributed by atoms with van der Waals surface area (Å²) >= 11 is 1.31. The molecule has 0 bridgehead atoms. The lowest BCUT2D eigenvalue weighted by molar-refractivity contribution is 0.0950. The molecule has 0 fully saturated rings. The van der Waals surface area contributed by atoms with Crippen LogP contribution in [-0.4, -0.2) is 27.6 Å². The van der Waals surface area contributed by atoms with Crippen molar-refractivity contribution >= 4 is 22.2 Å². The highest BCUT2D eigenvalue weighted by molar-refractivity contribution is 7.19. The Morgan fingerprint density at radius 2 is 1.93 bits per heavy atom. The van der Waals surface area contributed by atoms with E-state index in [1.54, 1.807) is 13.2 Å². The van der Waals surface area contributed by atoms with E-state index in [0.29, 0.717) is 21.2 Å². The molecule has 1 amide bonds. The Morgan fingerprint density at radius 3 is 2.66 bits per heavy atom. The monoisotopic (exact) mass is 406 g/mol. The molecule has 0 saturated carbocycles. The second-order valence-electron chi connectivity index (χ2n) is 6.41. The van der Waals surface area contributed by atoms with Gasteiger partial charge in [-0.05, 0) is 42.8 Å². The number of carbonyl (C=O) groups is 1. The normalized spacial score (nSPS) is 10.8. The van der Waals surface area contributed by atoms with Crippen LogP contribution in [-0.2, 0) is 6.54 Å². The van der Waals surface area contributed by atoms with Crippen molar-refractivity contribution in [1.82, 2.24) is 19.9 Å². The van der Waals surface area contributed by atoms with Gasteiger partial charge >= 0.3 is 0 Å². The van der Waals surface area contributed by atoms with Gasteiger partial charge in [0.15, 0.2) is 0 Å². The second kappa shape index (κ2) is 7.84. The van der Waals surface area contributed by atoms with Crippen LogP contribution in [0.4, 0.5) is 0 Å². The van der Waals surface area contributed by atoms with Crippen LogP contribution in [0.15, 0.2) is 59.4 Å². The van der Waals surface area contributed by atoms with Crippen LogP contribution in [0.2, 0.25) is 0 Å². The number of benzene rings is 2. The Morgan fingerprint density at radius 1 is 1.17 bits per heavy atom. The Labute approximate surface area is 170 Å². The fourth-order valence-electron chi connectivity index (χ4n) is 2.89. The van der Waals surface area contributed by atoms with Gasteiger partial charge in [-0.15, -0.1) is 0 Å². The molecule has 2 heterocycles. The Bertz CT molecular complexity index is 1250. The summed E-state index contributed by atoms with van der Waals surface area (Å²) in [6, 6.07) is 16.2. The number of methoxy groups -OCH3 is 1. The summed E-state index contributed by atoms with van der Waals surface area (Å²) in [5, 5.41) is 7.86. The van der Waals surface area contributed by atoms with Gasteiger partial charge in [-0.2, -0.15) is 9.61 Å². The first kappa shape index (κ1) is 18.8. The van der Waals surface area contributed by atoms with Crippen molar-refractivity contribution in [2.45, 2.75) is 13.5 Å². The Kier molecular flexibility index (Phi) is 5.09. The van der Waals surface area contributed by atoms with E-state index in [1.165, 1.54) is 21.9 Å². The number of fused-ring (bicyclic) bond motifs is 1. The molecule has 0 aliphatic carbocycles. The first-order valence-electron chi connectivity index (χ1n) is 8.93. The molecule has 0 saturated heterocycles. The fourth-order valence-corrected chi connectivity index (χ4v) is 3.82. The lowest BCUT2D eigenvalue weighted by atomic mass is 10.1. The number of hydrogen-bond acceptors (Lipinski definition) is 6. The number of nitrogens with one attached hydrogen (secondary N) is 1. The van der Waals surface area contributed by atoms with Crippen LogP contribution in [0.25, 0.3) is 15.5 Å². The van der Waals surface area contributed by atoms with E-state index < -0.39 is 0 Å². The number of hydrogen-bond donors (Lipinski definition) is 1. The maximum Gasteiger partial charge on any atom is 0.275 e. The van der Waals surface area contributed by atoms with Crippen molar-refractivity contribution in [1.29, 1.82) is 0 Å². The topological polar surface area (TPSA) is 85.6 Å². The Hall–Kier alpha value is -3.52. The summed E-state index contributed by atoms with van der Waals surface area (Å²) in [6.07, 6.45) is 0. The van der Waals surface area contributed by atoms with Gasteiger partial charge in [0.05, 0.1) is 19.3 Å². The summed E-state index contributed by atoms with van der Waals surface area (Å²) in [6.45, 7) is 2.04. The maximum absolute atomic E-state index is 12.4. The zero-order chi connectivity index (χ0) is 20.4. The van der Waals surface area contributed by atoms with Crippen molar-refractivity contribution in [2.24, 2.45) is 0 Å². The van der Waals surface area contributed by atoms with E-state index in [2.05, 4.69) is 15.4 Å². The molecule has 2 aromatic heterocycles. The molecule has 29 heavy (non-hydrogen) atoms. The van der Waals surface area contributed by atoms with E-state index in [9.17, 15) is 9.59 Å². The molecule has 0 unspecified atom stereocenters. The summed E-state index contributed by atoms with van der Waals surface area (Å²) in [5.41, 5.74) is 2.56. The summed E-state index contributed by atoms with van der Waals surface area (Å²) in [5.74, 6) is 0.546. The van der Waals surface area contributed by atoms with Gasteiger partial charge in [0.25, 0.3) is 11.5 Å². The lowest BCUT2D eigenvalue weighted by Crippen LogP contribution is -2.25. The van der Waals surface area contributed by atoms with Gasteiger partial charge in [0.2, 0.25) is 4.96 Å². The SMILES string of the molecule is COc1ccc(-c2nn3c(=O)cc(CNC(=O)c4ccccc4C)nc3s2)cc1. The number of carbonyl (C=O) groups excluding carboxylic acids is 1. The molecular formula is C21H18N4O3S. The molecule has 2 aromatic carbocycles. The summed E-state index contributed by atoms with van der Waals surface area (Å²) in [7, 11) is 1.61. The maximum atomic E-state index is 12.4. The lowest BCUT2D eigenvalue weighted by Gasteiger charge is -2.07. The van der Waals surface area contributed by atoms with E-state index in [1.807, 2.05) is 49.4 Å². The van der Waals surface area contributed by atoms with Crippen LogP contribution in [0.3, 0.4) is 0 Å². The van der Waals surface area contributed by atoms with Crippen LogP contribution >= 0.6 is 11.3 Å². The molecule has 8 heteroatoms. The highest BCUT2D eigenvalue weighted by Gasteiger charge is 2.12. The van der Waals surface area contributed by atoms with Gasteiger partial charge in [0, 0.05) is 17.2 Å². The highest BCUT2D eigenvalue weighted by Crippen LogP contribution is 2.26. The number of ether oxygens (including phenoxy) is 1. The molecule has 0 spiro atoms. The molecule has 4 aromatic rings. The fraction of sp³-hybridized carbons (Fsp3) is 0.143. The molecule has 0 radical (unpaired) electrons. The van der Waals surface area contributed by atoms with Crippen molar-refractivity contribution in [3.8, 4) is 16.3 Å². The molecule has 0 aliphatic heterocycles. The zero-order valence-corrected chi connectivity index (χ0v) is 16.7. The van der Waals surface area contributed by atoms with Gasteiger partial charge in [-0.25, -0.2) is 4.98 Å². The number of rotatable bonds is 5. The third-order valence-corrected chi connectivity index (χ3v) is 5.41. The quantitative estimate of drug-likeness (QED) is 0.551. The number of nitrogens with zero attached hydrogens (tertiary/aromatic N) is 3. The average molecular weight is 406 g/mol. The van der Waals surface area contributed by atoms with Crippen molar-refractivity contribution in [3.63, 3.8) is 0 Å². The van der Waals surface area contributed by atoms with Gasteiger partial charge in [-0.1, -0.05) is 29.5 Å². The van der Waals surface area contributed by atoms with Crippen molar-refractivity contribution in [3.05, 3.63) is 81.8 Å². The molecule has 0 atom stereocenters. The summed E-state index contributed by atoms with van der Waals surface area (Å²) < 4.78 is 6.44. The summed E-state index contributed by atoms with van der Waals surface area (Å²) in [4.78, 5) is 29.8. The van der Waals surface area contributed by atoms with Crippen LogP contribution in [0.5, 0.6) is 5.75 Å². The van der Waals surface area contributed by atoms with Crippen LogP contribution in [0.1, 0.15) is 21.6 Å². The minimum absolute atomic E-state index is 0.161. The largest absolute Gasteiger partial charge is 0.497 e. The van der Waals surface area contributed by atoms with E-state index in [4.69, 9.17) is 4.74 Å². The second-order valence-corrected chi connectivity index (χ2v) is 7.37. The third-order valence-electron chi connectivity index (χ3n) is 4.45. The van der Waals surface area contributed by atoms with Crippen LogP contribution in [0, 0.1) is 6.92 Å². The van der Waals surface area contributed by atoms with Gasteiger partial charge in [0.1, 0.15) is 10.8 Å². The Balaban J connectivity index is 1.57. The van der Waals surface area contributed by atoms with E-state index >= 15 is 0 Å².